The highest BCUT2D eigenvalue weighted by molar-refractivity contribution is 5.92. The zero-order chi connectivity index (χ0) is 19.1. The number of benzene rings is 2. The number of ether oxygens (including phenoxy) is 1. The van der Waals surface area contributed by atoms with Gasteiger partial charge in [-0.15, -0.1) is 0 Å². The number of fused-ring (bicyclic) bond motifs is 2. The van der Waals surface area contributed by atoms with E-state index in [4.69, 9.17) is 4.74 Å². The fraction of sp³-hybridized carbons (Fsp3) is 0.211. The van der Waals surface area contributed by atoms with E-state index in [9.17, 15) is 9.50 Å². The summed E-state index contributed by atoms with van der Waals surface area (Å²) in [6.45, 7) is 3.69. The van der Waals surface area contributed by atoms with E-state index in [-0.39, 0.29) is 17.6 Å². The van der Waals surface area contributed by atoms with Gasteiger partial charge in [-0.1, -0.05) is 0 Å². The number of anilines is 1. The average molecular weight is 367 g/mol. The molecule has 0 saturated carbocycles. The van der Waals surface area contributed by atoms with Gasteiger partial charge >= 0.3 is 0 Å². The molecule has 7 nitrogen and oxygen atoms in total. The predicted molar refractivity (Wildman–Crippen MR) is 101 cm³/mol. The molecule has 27 heavy (non-hydrogen) atoms. The van der Waals surface area contributed by atoms with E-state index in [1.165, 1.54) is 19.2 Å². The highest BCUT2D eigenvalue weighted by Crippen LogP contribution is 2.35. The van der Waals surface area contributed by atoms with Gasteiger partial charge in [-0.05, 0) is 37.6 Å². The van der Waals surface area contributed by atoms with Crippen molar-refractivity contribution in [2.75, 3.05) is 12.4 Å². The van der Waals surface area contributed by atoms with Gasteiger partial charge in [0.25, 0.3) is 0 Å². The third-order valence-electron chi connectivity index (χ3n) is 4.48. The molecular weight excluding hydrogens is 349 g/mol. The lowest BCUT2D eigenvalue weighted by molar-refractivity contribution is 0.374. The Bertz CT molecular complexity index is 1160. The maximum atomic E-state index is 14.0. The van der Waals surface area contributed by atoms with Gasteiger partial charge in [-0.2, -0.15) is 5.10 Å². The zero-order valence-electron chi connectivity index (χ0n) is 15.0. The lowest BCUT2D eigenvalue weighted by Gasteiger charge is -2.18. The van der Waals surface area contributed by atoms with Gasteiger partial charge in [0.15, 0.2) is 11.5 Å². The smallest absolute Gasteiger partial charge is 0.162 e. The first-order chi connectivity index (χ1) is 13.0. The molecule has 1 unspecified atom stereocenters. The van der Waals surface area contributed by atoms with E-state index in [0.717, 1.165) is 10.9 Å². The number of nitrogens with one attached hydrogen (secondary N) is 2. The molecule has 0 bridgehead atoms. The van der Waals surface area contributed by atoms with Crippen molar-refractivity contribution >= 4 is 27.6 Å². The molecule has 138 valence electrons. The Morgan fingerprint density at radius 1 is 1.19 bits per heavy atom. The van der Waals surface area contributed by atoms with Gasteiger partial charge in [0.1, 0.15) is 17.5 Å². The van der Waals surface area contributed by atoms with E-state index >= 15 is 0 Å². The summed E-state index contributed by atoms with van der Waals surface area (Å²) < 4.78 is 19.1. The normalized spacial score (nSPS) is 12.4. The molecular formula is C19H18FN5O2. The van der Waals surface area contributed by atoms with Gasteiger partial charge in [0.05, 0.1) is 30.4 Å². The lowest BCUT2D eigenvalue weighted by atomic mass is 10.0. The topological polar surface area (TPSA) is 96.0 Å². The van der Waals surface area contributed by atoms with Crippen LogP contribution in [0.2, 0.25) is 0 Å². The predicted octanol–water partition coefficient (Wildman–Crippen LogP) is 3.84. The third kappa shape index (κ3) is 2.99. The molecule has 2 aromatic carbocycles. The number of halogens is 1. The van der Waals surface area contributed by atoms with Crippen LogP contribution in [0.3, 0.4) is 0 Å². The van der Waals surface area contributed by atoms with Crippen LogP contribution in [-0.4, -0.2) is 32.4 Å². The third-order valence-corrected chi connectivity index (χ3v) is 4.48. The Hall–Kier alpha value is -3.42. The van der Waals surface area contributed by atoms with Crippen molar-refractivity contribution in [3.63, 3.8) is 0 Å². The van der Waals surface area contributed by atoms with E-state index in [2.05, 4.69) is 25.5 Å². The van der Waals surface area contributed by atoms with Crippen LogP contribution in [0.5, 0.6) is 11.5 Å². The summed E-state index contributed by atoms with van der Waals surface area (Å²) >= 11 is 0. The van der Waals surface area contributed by atoms with Crippen molar-refractivity contribution in [2.24, 2.45) is 0 Å². The summed E-state index contributed by atoms with van der Waals surface area (Å²) in [4.78, 5) is 8.87. The van der Waals surface area contributed by atoms with E-state index in [0.29, 0.717) is 33.8 Å². The van der Waals surface area contributed by atoms with E-state index < -0.39 is 0 Å². The highest BCUT2D eigenvalue weighted by atomic mass is 19.1. The van der Waals surface area contributed by atoms with Crippen molar-refractivity contribution in [3.05, 3.63) is 47.7 Å². The number of aromatic nitrogens is 4. The van der Waals surface area contributed by atoms with Gasteiger partial charge in [0, 0.05) is 16.8 Å². The van der Waals surface area contributed by atoms with Crippen LogP contribution in [0, 0.1) is 12.7 Å². The standard InChI is InChI=1S/C19H18FN5O2/c1-9(12-4-11(20)5-16-14(12)8-21-25-16)22-19-13-6-17(26)18(27-3)7-15(13)23-10(2)24-19/h4-9,26H,1-3H3,(H,21,25)(H,22,23,24). The minimum absolute atomic E-state index is 0.00358. The van der Waals surface area contributed by atoms with Gasteiger partial charge in [-0.25, -0.2) is 14.4 Å². The Morgan fingerprint density at radius 3 is 2.78 bits per heavy atom. The van der Waals surface area contributed by atoms with Crippen molar-refractivity contribution < 1.29 is 14.2 Å². The number of hydrogen-bond acceptors (Lipinski definition) is 6. The van der Waals surface area contributed by atoms with Crippen molar-refractivity contribution in [1.29, 1.82) is 0 Å². The molecule has 8 heteroatoms. The van der Waals surface area contributed by atoms with Crippen LogP contribution in [0.25, 0.3) is 21.8 Å². The molecule has 0 saturated heterocycles. The van der Waals surface area contributed by atoms with Crippen LogP contribution < -0.4 is 10.1 Å². The van der Waals surface area contributed by atoms with E-state index in [1.807, 2.05) is 6.92 Å². The lowest BCUT2D eigenvalue weighted by Crippen LogP contribution is -2.10. The Balaban J connectivity index is 1.80. The van der Waals surface area contributed by atoms with Crippen molar-refractivity contribution in [3.8, 4) is 11.5 Å². The molecule has 0 aliphatic rings. The van der Waals surface area contributed by atoms with Crippen molar-refractivity contribution in [1.82, 2.24) is 20.2 Å². The molecule has 4 aromatic rings. The fourth-order valence-corrected chi connectivity index (χ4v) is 3.22. The first-order valence-electron chi connectivity index (χ1n) is 8.40. The second kappa shape index (κ2) is 6.39. The number of hydrogen-bond donors (Lipinski definition) is 3. The Kier molecular flexibility index (Phi) is 4.02. The quantitative estimate of drug-likeness (QED) is 0.507. The number of aromatic amines is 1. The number of nitrogens with zero attached hydrogens (tertiary/aromatic N) is 3. The largest absolute Gasteiger partial charge is 0.504 e. The van der Waals surface area contributed by atoms with Crippen LogP contribution >= 0.6 is 0 Å². The molecule has 0 aliphatic heterocycles. The molecule has 1 atom stereocenters. The first kappa shape index (κ1) is 17.0. The van der Waals surface area contributed by atoms with Gasteiger partial charge in [0.2, 0.25) is 0 Å². The molecule has 3 N–H and O–H groups in total. The molecule has 2 heterocycles. The number of methoxy groups -OCH3 is 1. The zero-order valence-corrected chi connectivity index (χ0v) is 15.0. The Morgan fingerprint density at radius 2 is 2.00 bits per heavy atom. The molecule has 0 fully saturated rings. The summed E-state index contributed by atoms with van der Waals surface area (Å²) in [7, 11) is 1.48. The number of aromatic hydroxyl groups is 1. The summed E-state index contributed by atoms with van der Waals surface area (Å²) in [6.07, 6.45) is 1.67. The van der Waals surface area contributed by atoms with Crippen LogP contribution in [-0.2, 0) is 0 Å². The number of aryl methyl sites for hydroxylation is 1. The maximum absolute atomic E-state index is 14.0. The molecule has 0 aliphatic carbocycles. The number of phenolic OH excluding ortho intramolecular Hbond substituents is 1. The molecule has 0 spiro atoms. The molecule has 0 amide bonds. The van der Waals surface area contributed by atoms with Crippen LogP contribution in [0.15, 0.2) is 30.5 Å². The average Bonchev–Trinajstić information content (AvgIpc) is 3.09. The fourth-order valence-electron chi connectivity index (χ4n) is 3.22. The first-order valence-corrected chi connectivity index (χ1v) is 8.40. The number of phenols is 1. The Labute approximate surface area is 154 Å². The monoisotopic (exact) mass is 367 g/mol. The second-order valence-electron chi connectivity index (χ2n) is 6.35. The van der Waals surface area contributed by atoms with Crippen LogP contribution in [0.1, 0.15) is 24.4 Å². The minimum atomic E-state index is -0.346. The van der Waals surface area contributed by atoms with Gasteiger partial charge < -0.3 is 15.2 Å². The van der Waals surface area contributed by atoms with Crippen molar-refractivity contribution in [2.45, 2.75) is 19.9 Å². The van der Waals surface area contributed by atoms with Gasteiger partial charge in [-0.3, -0.25) is 5.10 Å². The van der Waals surface area contributed by atoms with E-state index in [1.54, 1.807) is 25.3 Å². The van der Waals surface area contributed by atoms with Crippen LogP contribution in [0.4, 0.5) is 10.2 Å². The molecule has 4 rings (SSSR count). The molecule has 0 radical (unpaired) electrons. The summed E-state index contributed by atoms with van der Waals surface area (Å²) in [5.41, 5.74) is 2.02. The highest BCUT2D eigenvalue weighted by Gasteiger charge is 2.16. The maximum Gasteiger partial charge on any atom is 0.162 e. The number of rotatable bonds is 4. The summed E-state index contributed by atoms with van der Waals surface area (Å²) in [5.74, 6) is 1.10. The second-order valence-corrected chi connectivity index (χ2v) is 6.35. The SMILES string of the molecule is COc1cc2nc(C)nc(NC(C)c3cc(F)cc4[nH]ncc34)c2cc1O. The minimum Gasteiger partial charge on any atom is -0.504 e. The summed E-state index contributed by atoms with van der Waals surface area (Å²) in [5, 5.41) is 21.7. The summed E-state index contributed by atoms with van der Waals surface area (Å²) in [6, 6.07) is 5.84. The molecule has 2 aromatic heterocycles. The number of H-pyrrole nitrogens is 1.